The highest BCUT2D eigenvalue weighted by Gasteiger charge is 2.37. The van der Waals surface area contributed by atoms with Crippen LogP contribution in [0.2, 0.25) is 0 Å². The molecule has 8 aromatic rings. The van der Waals surface area contributed by atoms with Crippen molar-refractivity contribution in [1.29, 1.82) is 0 Å². The Bertz CT molecular complexity index is 2950. The van der Waals surface area contributed by atoms with E-state index in [1.807, 2.05) is 170 Å². The van der Waals surface area contributed by atoms with Gasteiger partial charge in [-0.1, -0.05) is 205 Å². The lowest BCUT2D eigenvalue weighted by Crippen LogP contribution is -2.01. The second kappa shape index (κ2) is 16.7. The molecule has 0 heterocycles. The molecule has 0 amide bonds. The summed E-state index contributed by atoms with van der Waals surface area (Å²) in [7, 11) is 0. The highest BCUT2D eigenvalue weighted by Crippen LogP contribution is 2.52. The number of hydrogen-bond donors (Lipinski definition) is 0. The molecule has 0 aromatic heterocycles. The summed E-state index contributed by atoms with van der Waals surface area (Å²) in [5, 5.41) is 0. The van der Waals surface area contributed by atoms with Crippen molar-refractivity contribution in [1.82, 2.24) is 0 Å². The predicted octanol–water partition coefficient (Wildman–Crippen LogP) is 14.3. The molecule has 63 heavy (non-hydrogen) atoms. The van der Waals surface area contributed by atoms with Gasteiger partial charge in [0.25, 0.3) is 0 Å². The lowest BCUT2D eigenvalue weighted by molar-refractivity contribution is -0.109. The van der Waals surface area contributed by atoms with Gasteiger partial charge in [-0.25, -0.2) is 0 Å². The maximum absolute atomic E-state index is 14.7. The normalized spacial score (nSPS) is 14.0. The molecule has 3 nitrogen and oxygen atoms in total. The molecular weight excluding hydrogens is 769 g/mol. The van der Waals surface area contributed by atoms with Gasteiger partial charge in [0.1, 0.15) is 11.5 Å². The van der Waals surface area contributed by atoms with E-state index in [0.717, 1.165) is 77.9 Å². The van der Waals surface area contributed by atoms with Crippen LogP contribution < -0.4 is 4.74 Å². The number of ketones is 2. The van der Waals surface area contributed by atoms with Crippen LogP contribution in [0.5, 0.6) is 11.5 Å². The van der Waals surface area contributed by atoms with Crippen LogP contribution in [0.25, 0.3) is 44.6 Å². The Morgan fingerprint density at radius 1 is 0.254 bits per heavy atom. The molecule has 0 saturated heterocycles. The Balaban J connectivity index is 1.04. The lowest BCUT2D eigenvalue weighted by atomic mass is 9.88. The molecule has 0 N–H and O–H groups in total. The number of aryl methyl sites for hydroxylation is 2. The van der Waals surface area contributed by atoms with Gasteiger partial charge in [0.05, 0.1) is 0 Å². The van der Waals surface area contributed by atoms with Crippen molar-refractivity contribution >= 4 is 56.2 Å². The minimum Gasteiger partial charge on any atom is -0.457 e. The van der Waals surface area contributed by atoms with Crippen LogP contribution in [-0.2, 0) is 9.59 Å². The topological polar surface area (TPSA) is 43.4 Å². The molecule has 0 spiro atoms. The van der Waals surface area contributed by atoms with Crippen LogP contribution >= 0.6 is 0 Å². The first-order valence-corrected chi connectivity index (χ1v) is 21.2. The van der Waals surface area contributed by atoms with Crippen molar-refractivity contribution < 1.29 is 14.3 Å². The molecule has 10 rings (SSSR count). The summed E-state index contributed by atoms with van der Waals surface area (Å²) >= 11 is 0. The van der Waals surface area contributed by atoms with Crippen molar-refractivity contribution in [2.75, 3.05) is 0 Å². The first kappa shape index (κ1) is 39.0. The maximum Gasteiger partial charge on any atom is 0.195 e. The largest absolute Gasteiger partial charge is 0.457 e. The molecule has 0 radical (unpaired) electrons. The summed E-state index contributed by atoms with van der Waals surface area (Å²) in [4.78, 5) is 29.5. The Labute approximate surface area is 368 Å². The number of rotatable bonds is 10. The van der Waals surface area contributed by atoms with Gasteiger partial charge < -0.3 is 4.74 Å². The average Bonchev–Trinajstić information content (AvgIpc) is 3.81. The fourth-order valence-electron chi connectivity index (χ4n) is 9.00. The molecule has 3 heteroatoms. The van der Waals surface area contributed by atoms with E-state index in [4.69, 9.17) is 4.74 Å². The molecular formula is C60H42O3. The third kappa shape index (κ3) is 7.41. The van der Waals surface area contributed by atoms with Crippen LogP contribution in [0.15, 0.2) is 218 Å². The highest BCUT2D eigenvalue weighted by atomic mass is 16.5. The van der Waals surface area contributed by atoms with E-state index in [9.17, 15) is 9.59 Å². The van der Waals surface area contributed by atoms with Gasteiger partial charge in [-0.15, -0.1) is 0 Å². The van der Waals surface area contributed by atoms with Crippen molar-refractivity contribution in [3.05, 3.63) is 274 Å². The summed E-state index contributed by atoms with van der Waals surface area (Å²) in [6.07, 6.45) is 0. The van der Waals surface area contributed by atoms with Crippen LogP contribution in [0.4, 0.5) is 0 Å². The SMILES string of the molecule is Cc1cccc(C2=C(c3ccccc3)C(=O)C(c3ccccc3)=C2c2ccc(Oc3ccc(C4=C(c5ccccc5)C(=O)C(c5ccccc5)=C4c4cccc(C)c4)cc3)cc2)c1. The molecule has 0 saturated carbocycles. The van der Waals surface area contributed by atoms with E-state index >= 15 is 0 Å². The van der Waals surface area contributed by atoms with E-state index in [1.54, 1.807) is 0 Å². The van der Waals surface area contributed by atoms with Crippen molar-refractivity contribution in [2.24, 2.45) is 0 Å². The molecule has 0 fully saturated rings. The van der Waals surface area contributed by atoms with Crippen molar-refractivity contribution in [3.8, 4) is 11.5 Å². The molecule has 0 bridgehead atoms. The fraction of sp³-hybridized carbons (Fsp3) is 0.0333. The molecule has 2 aliphatic carbocycles. The Kier molecular flexibility index (Phi) is 10.4. The number of hydrogen-bond acceptors (Lipinski definition) is 3. The van der Waals surface area contributed by atoms with Crippen LogP contribution in [0.3, 0.4) is 0 Å². The van der Waals surface area contributed by atoms with Gasteiger partial charge in [-0.05, 0) is 82.6 Å². The van der Waals surface area contributed by atoms with E-state index in [1.165, 1.54) is 0 Å². The van der Waals surface area contributed by atoms with Gasteiger partial charge in [0, 0.05) is 44.6 Å². The van der Waals surface area contributed by atoms with Gasteiger partial charge in [0.2, 0.25) is 0 Å². The quantitative estimate of drug-likeness (QED) is 0.138. The lowest BCUT2D eigenvalue weighted by Gasteiger charge is -2.16. The Morgan fingerprint density at radius 3 is 0.794 bits per heavy atom. The van der Waals surface area contributed by atoms with Gasteiger partial charge in [0.15, 0.2) is 11.6 Å². The van der Waals surface area contributed by atoms with Gasteiger partial charge >= 0.3 is 0 Å². The molecule has 0 unspecified atom stereocenters. The van der Waals surface area contributed by atoms with Crippen LogP contribution in [0, 0.1) is 13.8 Å². The van der Waals surface area contributed by atoms with Crippen molar-refractivity contribution in [2.45, 2.75) is 13.8 Å². The molecule has 2 aliphatic rings. The molecule has 8 aromatic carbocycles. The number of ether oxygens (including phenoxy) is 1. The summed E-state index contributed by atoms with van der Waals surface area (Å²) in [6.45, 7) is 4.16. The fourth-order valence-corrected chi connectivity index (χ4v) is 9.00. The average molecular weight is 811 g/mol. The standard InChI is InChI=1S/C60H42O3/c1-39-17-15-27-47(37-39)53-51(55(41-19-7-3-8-20-41)59(61)57(53)43-23-11-5-12-24-43)45-29-33-49(34-30-45)63-50-35-31-46(32-36-50)52-54(48-28-16-18-40(2)38-48)58(44-25-13-6-14-26-44)60(62)56(52)42-21-9-4-10-22-42/h3-38H,1-2H3. The minimum atomic E-state index is 0.00473. The van der Waals surface area contributed by atoms with Crippen molar-refractivity contribution in [3.63, 3.8) is 0 Å². The van der Waals surface area contributed by atoms with Crippen LogP contribution in [0.1, 0.15) is 55.6 Å². The van der Waals surface area contributed by atoms with E-state index in [0.29, 0.717) is 33.8 Å². The summed E-state index contributed by atoms with van der Waals surface area (Å²) in [5.41, 5.74) is 16.0. The third-order valence-corrected chi connectivity index (χ3v) is 11.8. The summed E-state index contributed by atoms with van der Waals surface area (Å²) in [5.74, 6) is 1.33. The van der Waals surface area contributed by atoms with Crippen LogP contribution in [-0.4, -0.2) is 11.6 Å². The Morgan fingerprint density at radius 2 is 0.508 bits per heavy atom. The number of Topliss-reactive ketones (excluding diaryl/α,β-unsaturated/α-hetero) is 2. The Hall–Kier alpha value is -8.14. The highest BCUT2D eigenvalue weighted by molar-refractivity contribution is 6.60. The monoisotopic (exact) mass is 810 g/mol. The molecule has 300 valence electrons. The van der Waals surface area contributed by atoms with E-state index < -0.39 is 0 Å². The first-order chi connectivity index (χ1) is 30.9. The summed E-state index contributed by atoms with van der Waals surface area (Å²) < 4.78 is 6.52. The smallest absolute Gasteiger partial charge is 0.195 e. The van der Waals surface area contributed by atoms with E-state index in [2.05, 4.69) is 62.4 Å². The van der Waals surface area contributed by atoms with E-state index in [-0.39, 0.29) is 11.6 Å². The zero-order chi connectivity index (χ0) is 42.9. The zero-order valence-electron chi connectivity index (χ0n) is 35.0. The minimum absolute atomic E-state index is 0.00473. The third-order valence-electron chi connectivity index (χ3n) is 11.8. The number of allylic oxidation sites excluding steroid dienone is 8. The number of carbonyl (C=O) groups is 2. The first-order valence-electron chi connectivity index (χ1n) is 21.2. The van der Waals surface area contributed by atoms with Gasteiger partial charge in [-0.2, -0.15) is 0 Å². The second-order valence-corrected chi connectivity index (χ2v) is 16.0. The number of carbonyl (C=O) groups excluding carboxylic acids is 2. The summed E-state index contributed by atoms with van der Waals surface area (Å²) in [6, 6.07) is 72.7. The molecule has 0 aliphatic heterocycles. The van der Waals surface area contributed by atoms with Gasteiger partial charge in [-0.3, -0.25) is 9.59 Å². The predicted molar refractivity (Wildman–Crippen MR) is 258 cm³/mol. The maximum atomic E-state index is 14.7. The zero-order valence-corrected chi connectivity index (χ0v) is 35.0. The number of benzene rings is 8. The molecule has 0 atom stereocenters. The second-order valence-electron chi connectivity index (χ2n) is 16.0.